The first-order chi connectivity index (χ1) is 11.4. The molecule has 1 aromatic carbocycles. The number of anilines is 1. The van der Waals surface area contributed by atoms with E-state index in [0.717, 1.165) is 10.4 Å². The number of ether oxygens (including phenoxy) is 1. The summed E-state index contributed by atoms with van der Waals surface area (Å²) in [4.78, 5) is 14.2. The molecule has 0 spiro atoms. The third-order valence-corrected chi connectivity index (χ3v) is 6.99. The molecule has 24 heavy (non-hydrogen) atoms. The molecule has 1 amide bonds. The van der Waals surface area contributed by atoms with Gasteiger partial charge >= 0.3 is 0 Å². The number of hydrogen-bond donors (Lipinski definition) is 1. The molecule has 1 aliphatic rings. The van der Waals surface area contributed by atoms with Crippen LogP contribution in [0.2, 0.25) is 0 Å². The lowest BCUT2D eigenvalue weighted by molar-refractivity contribution is -0.129. The smallest absolute Gasteiger partial charge is 0.271 e. The van der Waals surface area contributed by atoms with Gasteiger partial charge in [0.2, 0.25) is 5.91 Å². The Morgan fingerprint density at radius 2 is 2.00 bits per heavy atom. The van der Waals surface area contributed by atoms with Gasteiger partial charge in [0.1, 0.15) is 9.96 Å². The Hall–Kier alpha value is -2.06. The summed E-state index contributed by atoms with van der Waals surface area (Å²) >= 11 is 1.27. The van der Waals surface area contributed by atoms with Gasteiger partial charge in [-0.1, -0.05) is 0 Å². The van der Waals surface area contributed by atoms with Gasteiger partial charge in [0, 0.05) is 30.6 Å². The average Bonchev–Trinajstić information content (AvgIpc) is 2.99. The number of fused-ring (bicyclic) bond motifs is 1. The van der Waals surface area contributed by atoms with E-state index in [1.54, 1.807) is 42.3 Å². The molecule has 1 N–H and O–H groups in total. The number of rotatable bonds is 4. The van der Waals surface area contributed by atoms with E-state index in [2.05, 4.69) is 4.72 Å². The van der Waals surface area contributed by atoms with Gasteiger partial charge in [-0.05, 0) is 42.3 Å². The maximum absolute atomic E-state index is 12.6. The van der Waals surface area contributed by atoms with E-state index < -0.39 is 10.0 Å². The largest absolute Gasteiger partial charge is 0.497 e. The molecule has 8 heteroatoms. The molecule has 0 radical (unpaired) electrons. The number of methoxy groups -OCH3 is 1. The second-order valence-electron chi connectivity index (χ2n) is 5.54. The van der Waals surface area contributed by atoms with Gasteiger partial charge in [0.05, 0.1) is 7.11 Å². The van der Waals surface area contributed by atoms with Crippen LogP contribution in [0.3, 0.4) is 0 Å². The maximum atomic E-state index is 12.6. The van der Waals surface area contributed by atoms with E-state index in [1.807, 2.05) is 0 Å². The summed E-state index contributed by atoms with van der Waals surface area (Å²) in [6.45, 7) is 2.63. The van der Waals surface area contributed by atoms with Crippen molar-refractivity contribution in [3.63, 3.8) is 0 Å². The van der Waals surface area contributed by atoms with E-state index in [0.29, 0.717) is 30.9 Å². The number of carbonyl (C=O) groups excluding carboxylic acids is 1. The van der Waals surface area contributed by atoms with Crippen LogP contribution in [0.15, 0.2) is 34.5 Å². The molecule has 2 heterocycles. The number of thiophene rings is 1. The second-order valence-corrected chi connectivity index (χ2v) is 8.58. The first-order valence-corrected chi connectivity index (χ1v) is 9.73. The van der Waals surface area contributed by atoms with Gasteiger partial charge in [0.25, 0.3) is 10.0 Å². The van der Waals surface area contributed by atoms with Crippen LogP contribution in [-0.2, 0) is 27.8 Å². The van der Waals surface area contributed by atoms with Gasteiger partial charge in [-0.25, -0.2) is 8.42 Å². The predicted molar refractivity (Wildman–Crippen MR) is 92.9 cm³/mol. The van der Waals surface area contributed by atoms with Crippen molar-refractivity contribution < 1.29 is 17.9 Å². The molecule has 0 unspecified atom stereocenters. The van der Waals surface area contributed by atoms with Crippen molar-refractivity contribution in [2.75, 3.05) is 18.4 Å². The number of nitrogens with zero attached hydrogens (tertiary/aromatic N) is 1. The van der Waals surface area contributed by atoms with Crippen LogP contribution < -0.4 is 9.46 Å². The quantitative estimate of drug-likeness (QED) is 0.902. The van der Waals surface area contributed by atoms with Gasteiger partial charge < -0.3 is 9.64 Å². The molecule has 0 fully saturated rings. The lowest BCUT2D eigenvalue weighted by Crippen LogP contribution is -2.33. The number of benzene rings is 1. The minimum atomic E-state index is -3.64. The van der Waals surface area contributed by atoms with Crippen LogP contribution in [0, 0.1) is 0 Å². The molecule has 0 atom stereocenters. The van der Waals surface area contributed by atoms with Gasteiger partial charge in [0.15, 0.2) is 0 Å². The molecule has 6 nitrogen and oxygen atoms in total. The number of hydrogen-bond acceptors (Lipinski definition) is 5. The summed E-state index contributed by atoms with van der Waals surface area (Å²) < 4.78 is 33.1. The Bertz CT molecular complexity index is 857. The number of sulfonamides is 1. The average molecular weight is 366 g/mol. The summed E-state index contributed by atoms with van der Waals surface area (Å²) in [5, 5.41) is 0. The molecule has 2 aromatic rings. The molecule has 0 saturated carbocycles. The zero-order valence-electron chi connectivity index (χ0n) is 13.4. The highest BCUT2D eigenvalue weighted by Gasteiger charge is 2.25. The molecule has 0 bridgehead atoms. The molecule has 0 saturated heterocycles. The van der Waals surface area contributed by atoms with Crippen LogP contribution in [0.4, 0.5) is 5.69 Å². The Morgan fingerprint density at radius 3 is 2.62 bits per heavy atom. The summed E-state index contributed by atoms with van der Waals surface area (Å²) in [7, 11) is -2.09. The van der Waals surface area contributed by atoms with Crippen LogP contribution in [-0.4, -0.2) is 32.9 Å². The first-order valence-electron chi connectivity index (χ1n) is 7.43. The molecule has 128 valence electrons. The monoisotopic (exact) mass is 366 g/mol. The fourth-order valence-electron chi connectivity index (χ4n) is 2.57. The fraction of sp³-hybridized carbons (Fsp3) is 0.312. The Kier molecular flexibility index (Phi) is 4.51. The van der Waals surface area contributed by atoms with Crippen LogP contribution in [0.1, 0.15) is 17.4 Å². The Morgan fingerprint density at radius 1 is 1.29 bits per heavy atom. The summed E-state index contributed by atoms with van der Waals surface area (Å²) in [5.74, 6) is 0.668. The molecular weight excluding hydrogens is 348 g/mol. The number of carbonyl (C=O) groups is 1. The highest BCUT2D eigenvalue weighted by atomic mass is 32.2. The van der Waals surface area contributed by atoms with Crippen LogP contribution >= 0.6 is 11.3 Å². The van der Waals surface area contributed by atoms with Crippen LogP contribution in [0.25, 0.3) is 0 Å². The molecular formula is C16H18N2O4S2. The zero-order chi connectivity index (χ0) is 17.3. The van der Waals surface area contributed by atoms with Crippen molar-refractivity contribution in [2.45, 2.75) is 24.1 Å². The number of amides is 1. The third kappa shape index (κ3) is 3.39. The van der Waals surface area contributed by atoms with E-state index in [4.69, 9.17) is 4.74 Å². The lowest BCUT2D eigenvalue weighted by atomic mass is 10.1. The van der Waals surface area contributed by atoms with Crippen LogP contribution in [0.5, 0.6) is 5.75 Å². The van der Waals surface area contributed by atoms with E-state index in [-0.39, 0.29) is 10.1 Å². The predicted octanol–water partition coefficient (Wildman–Crippen LogP) is 2.46. The van der Waals surface area contributed by atoms with Crippen molar-refractivity contribution in [1.82, 2.24) is 4.90 Å². The Labute approximate surface area is 145 Å². The topological polar surface area (TPSA) is 75.7 Å². The van der Waals surface area contributed by atoms with Crippen molar-refractivity contribution in [3.8, 4) is 5.75 Å². The minimum Gasteiger partial charge on any atom is -0.497 e. The molecule has 0 aliphatic carbocycles. The van der Waals surface area contributed by atoms with Gasteiger partial charge in [-0.2, -0.15) is 0 Å². The Balaban J connectivity index is 1.81. The molecule has 1 aliphatic heterocycles. The van der Waals surface area contributed by atoms with Gasteiger partial charge in [-0.15, -0.1) is 11.3 Å². The minimum absolute atomic E-state index is 0.00705. The first kappa shape index (κ1) is 16.8. The summed E-state index contributed by atoms with van der Waals surface area (Å²) in [6.07, 6.45) is 0.692. The summed E-state index contributed by atoms with van der Waals surface area (Å²) in [5.41, 5.74) is 1.39. The van der Waals surface area contributed by atoms with Crippen molar-refractivity contribution in [2.24, 2.45) is 0 Å². The van der Waals surface area contributed by atoms with E-state index in [1.165, 1.54) is 18.3 Å². The molecule has 1 aromatic heterocycles. The van der Waals surface area contributed by atoms with Crippen molar-refractivity contribution >= 4 is 33.0 Å². The van der Waals surface area contributed by atoms with E-state index in [9.17, 15) is 13.2 Å². The zero-order valence-corrected chi connectivity index (χ0v) is 15.0. The lowest BCUT2D eigenvalue weighted by Gasteiger charge is -2.25. The maximum Gasteiger partial charge on any atom is 0.271 e. The highest BCUT2D eigenvalue weighted by molar-refractivity contribution is 7.94. The van der Waals surface area contributed by atoms with Crippen molar-refractivity contribution in [1.29, 1.82) is 0 Å². The van der Waals surface area contributed by atoms with E-state index >= 15 is 0 Å². The standard InChI is InChI=1S/C16H18N2O4S2/c1-11(19)18-8-7-15-12(10-18)9-16(23-15)24(20,21)17-13-3-5-14(22-2)6-4-13/h3-6,9,17H,7-8,10H2,1-2H3. The van der Waals surface area contributed by atoms with Crippen molar-refractivity contribution in [3.05, 3.63) is 40.8 Å². The SMILES string of the molecule is COc1ccc(NS(=O)(=O)c2cc3c(s2)CCN(C(C)=O)C3)cc1. The fourth-order valence-corrected chi connectivity index (χ4v) is 5.17. The third-order valence-electron chi connectivity index (χ3n) is 3.90. The molecule has 3 rings (SSSR count). The second kappa shape index (κ2) is 6.45. The summed E-state index contributed by atoms with van der Waals surface area (Å²) in [6, 6.07) is 8.37. The number of nitrogens with one attached hydrogen (secondary N) is 1. The highest BCUT2D eigenvalue weighted by Crippen LogP contribution is 2.32. The normalized spacial score (nSPS) is 14.2. The van der Waals surface area contributed by atoms with Gasteiger partial charge in [-0.3, -0.25) is 9.52 Å².